The molecule has 0 N–H and O–H groups in total. The Morgan fingerprint density at radius 1 is 0.406 bits per heavy atom. The average molecular weight is 423 g/mol. The molecule has 0 aliphatic carbocycles. The Morgan fingerprint density at radius 3 is 1.25 bits per heavy atom. The van der Waals surface area contributed by atoms with E-state index in [1.807, 2.05) is 0 Å². The Morgan fingerprint density at radius 2 is 0.812 bits per heavy atom. The third kappa shape index (κ3) is 5.80. The van der Waals surface area contributed by atoms with Crippen LogP contribution >= 0.6 is 0 Å². The van der Waals surface area contributed by atoms with Crippen molar-refractivity contribution in [1.29, 1.82) is 0 Å². The van der Waals surface area contributed by atoms with E-state index in [2.05, 4.69) is 86.6 Å². The third-order valence-corrected chi connectivity index (χ3v) is 6.78. The molecule has 0 saturated carbocycles. The fourth-order valence-corrected chi connectivity index (χ4v) is 4.77. The van der Waals surface area contributed by atoms with Crippen molar-refractivity contribution in [3.8, 4) is 11.1 Å². The van der Waals surface area contributed by atoms with E-state index in [1.54, 1.807) is 0 Å². The highest BCUT2D eigenvalue weighted by molar-refractivity contribution is 5.91. The number of rotatable bonds is 11. The first-order valence-corrected chi connectivity index (χ1v) is 12.8. The molecule has 0 fully saturated rings. The fraction of sp³-hybridized carbons (Fsp3) is 0.375. The van der Waals surface area contributed by atoms with Gasteiger partial charge in [-0.05, 0) is 81.6 Å². The van der Waals surface area contributed by atoms with Crippen molar-refractivity contribution < 1.29 is 0 Å². The van der Waals surface area contributed by atoms with Crippen LogP contribution < -0.4 is 0 Å². The molecule has 0 spiro atoms. The Hall–Kier alpha value is -2.60. The molecule has 0 unspecified atom stereocenters. The molecule has 166 valence electrons. The van der Waals surface area contributed by atoms with Crippen molar-refractivity contribution in [3.05, 3.63) is 83.9 Å². The Kier molecular flexibility index (Phi) is 7.99. The lowest BCUT2D eigenvalue weighted by Gasteiger charge is -2.09. The predicted octanol–water partition coefficient (Wildman–Crippen LogP) is 9.91. The van der Waals surface area contributed by atoms with Gasteiger partial charge in [0.05, 0.1) is 0 Å². The predicted molar refractivity (Wildman–Crippen MR) is 143 cm³/mol. The first-order chi connectivity index (χ1) is 15.8. The zero-order chi connectivity index (χ0) is 22.2. The Balaban J connectivity index is 1.49. The van der Waals surface area contributed by atoms with Gasteiger partial charge >= 0.3 is 0 Å². The van der Waals surface area contributed by atoms with Gasteiger partial charge in [0, 0.05) is 0 Å². The van der Waals surface area contributed by atoms with Gasteiger partial charge in [-0.1, -0.05) is 113 Å². The molecule has 0 aromatic heterocycles. The second-order valence-corrected chi connectivity index (χ2v) is 9.41. The maximum Gasteiger partial charge on any atom is -0.0177 e. The molecule has 0 bridgehead atoms. The summed E-state index contributed by atoms with van der Waals surface area (Å²) >= 11 is 0. The summed E-state index contributed by atoms with van der Waals surface area (Å²) in [5.41, 5.74) is 5.55. The van der Waals surface area contributed by atoms with Crippen LogP contribution in [0.4, 0.5) is 0 Å². The Labute approximate surface area is 194 Å². The lowest BCUT2D eigenvalue weighted by atomic mass is 9.96. The van der Waals surface area contributed by atoms with Crippen LogP contribution in [0.2, 0.25) is 0 Å². The van der Waals surface area contributed by atoms with Crippen LogP contribution in [0.15, 0.2) is 72.8 Å². The van der Waals surface area contributed by atoms with E-state index in [-0.39, 0.29) is 0 Å². The van der Waals surface area contributed by atoms with Crippen molar-refractivity contribution in [1.82, 2.24) is 0 Å². The van der Waals surface area contributed by atoms with Gasteiger partial charge in [0.1, 0.15) is 0 Å². The van der Waals surface area contributed by atoms with Crippen molar-refractivity contribution >= 4 is 21.5 Å². The monoisotopic (exact) mass is 422 g/mol. The van der Waals surface area contributed by atoms with E-state index in [1.165, 1.54) is 108 Å². The number of unbranched alkanes of at least 4 members (excludes halogenated alkanes) is 6. The second-order valence-electron chi connectivity index (χ2n) is 9.41. The molecule has 0 aliphatic rings. The summed E-state index contributed by atoms with van der Waals surface area (Å²) in [6.45, 7) is 4.55. The highest BCUT2D eigenvalue weighted by Gasteiger charge is 2.04. The minimum absolute atomic E-state index is 1.20. The molecule has 0 saturated heterocycles. The van der Waals surface area contributed by atoms with Gasteiger partial charge in [0.15, 0.2) is 0 Å². The zero-order valence-corrected chi connectivity index (χ0v) is 20.0. The standard InChI is InChI=1S/C32H38/c1-3-5-7-9-11-25-13-15-29-23-31(19-17-27(29)21-25)32-20-18-28-22-26(12-10-8-6-4-2)14-16-30(28)24-32/h13-24H,3-12H2,1-2H3. The van der Waals surface area contributed by atoms with Crippen LogP contribution in [0.3, 0.4) is 0 Å². The van der Waals surface area contributed by atoms with Crippen molar-refractivity contribution in [2.75, 3.05) is 0 Å². The van der Waals surface area contributed by atoms with E-state index in [4.69, 9.17) is 0 Å². The number of hydrogen-bond donors (Lipinski definition) is 0. The molecule has 0 heteroatoms. The van der Waals surface area contributed by atoms with Crippen molar-refractivity contribution in [2.45, 2.75) is 78.1 Å². The minimum atomic E-state index is 1.20. The molecule has 0 heterocycles. The second kappa shape index (κ2) is 11.3. The van der Waals surface area contributed by atoms with E-state index in [0.29, 0.717) is 0 Å². The lowest BCUT2D eigenvalue weighted by Crippen LogP contribution is -1.88. The largest absolute Gasteiger partial charge is 0.0654 e. The molecule has 0 aliphatic heterocycles. The SMILES string of the molecule is CCCCCCc1ccc2cc(-c3ccc4cc(CCCCCC)ccc4c3)ccc2c1. The highest BCUT2D eigenvalue weighted by Crippen LogP contribution is 2.29. The lowest BCUT2D eigenvalue weighted by molar-refractivity contribution is 0.667. The van der Waals surface area contributed by atoms with E-state index in [0.717, 1.165) is 0 Å². The van der Waals surface area contributed by atoms with Crippen LogP contribution in [0.1, 0.15) is 76.3 Å². The third-order valence-electron chi connectivity index (χ3n) is 6.78. The van der Waals surface area contributed by atoms with Gasteiger partial charge in [0.25, 0.3) is 0 Å². The first kappa shape index (κ1) is 22.6. The smallest absolute Gasteiger partial charge is 0.0177 e. The Bertz CT molecular complexity index is 1060. The average Bonchev–Trinajstić information content (AvgIpc) is 2.84. The number of fused-ring (bicyclic) bond motifs is 2. The molecule has 4 rings (SSSR count). The fourth-order valence-electron chi connectivity index (χ4n) is 4.77. The molecular weight excluding hydrogens is 384 g/mol. The van der Waals surface area contributed by atoms with E-state index < -0.39 is 0 Å². The van der Waals surface area contributed by atoms with Crippen LogP contribution in [0.5, 0.6) is 0 Å². The molecule has 0 amide bonds. The number of benzene rings is 4. The molecule has 4 aromatic carbocycles. The van der Waals surface area contributed by atoms with E-state index >= 15 is 0 Å². The molecule has 4 aromatic rings. The normalized spacial score (nSPS) is 11.4. The van der Waals surface area contributed by atoms with Crippen molar-refractivity contribution in [3.63, 3.8) is 0 Å². The molecule has 0 nitrogen and oxygen atoms in total. The van der Waals surface area contributed by atoms with Crippen LogP contribution in [0.25, 0.3) is 32.7 Å². The molecular formula is C32H38. The summed E-state index contributed by atoms with van der Waals surface area (Å²) in [5, 5.41) is 5.38. The summed E-state index contributed by atoms with van der Waals surface area (Å²) in [6.07, 6.45) is 13.0. The zero-order valence-electron chi connectivity index (χ0n) is 20.0. The van der Waals surface area contributed by atoms with Crippen LogP contribution in [-0.2, 0) is 12.8 Å². The van der Waals surface area contributed by atoms with Crippen LogP contribution in [0, 0.1) is 0 Å². The van der Waals surface area contributed by atoms with Crippen LogP contribution in [-0.4, -0.2) is 0 Å². The summed E-state index contributed by atoms with van der Waals surface area (Å²) in [6, 6.07) is 27.9. The molecule has 32 heavy (non-hydrogen) atoms. The van der Waals surface area contributed by atoms with Gasteiger partial charge in [-0.15, -0.1) is 0 Å². The van der Waals surface area contributed by atoms with E-state index in [9.17, 15) is 0 Å². The van der Waals surface area contributed by atoms with Crippen molar-refractivity contribution in [2.24, 2.45) is 0 Å². The molecule has 0 radical (unpaired) electrons. The number of aryl methyl sites for hydroxylation is 2. The summed E-state index contributed by atoms with van der Waals surface area (Å²) in [5.74, 6) is 0. The van der Waals surface area contributed by atoms with Gasteiger partial charge in [-0.25, -0.2) is 0 Å². The summed E-state index contributed by atoms with van der Waals surface area (Å²) in [4.78, 5) is 0. The minimum Gasteiger partial charge on any atom is -0.0654 e. The number of hydrogen-bond acceptors (Lipinski definition) is 0. The maximum absolute atomic E-state index is 2.38. The van der Waals surface area contributed by atoms with Gasteiger partial charge in [0.2, 0.25) is 0 Å². The first-order valence-electron chi connectivity index (χ1n) is 12.8. The van der Waals surface area contributed by atoms with Gasteiger partial charge in [-0.3, -0.25) is 0 Å². The van der Waals surface area contributed by atoms with Gasteiger partial charge < -0.3 is 0 Å². The summed E-state index contributed by atoms with van der Waals surface area (Å²) < 4.78 is 0. The molecule has 0 atom stereocenters. The quantitative estimate of drug-likeness (QED) is 0.211. The highest BCUT2D eigenvalue weighted by atomic mass is 14.1. The summed E-state index contributed by atoms with van der Waals surface area (Å²) in [7, 11) is 0. The van der Waals surface area contributed by atoms with Gasteiger partial charge in [-0.2, -0.15) is 0 Å². The maximum atomic E-state index is 2.38. The topological polar surface area (TPSA) is 0 Å².